The van der Waals surface area contributed by atoms with Crippen LogP contribution in [0.5, 0.6) is 0 Å². The molecule has 1 heterocycles. The molecule has 0 aliphatic rings. The number of hydrogen-bond acceptors (Lipinski definition) is 3. The third-order valence-electron chi connectivity index (χ3n) is 2.57. The summed E-state index contributed by atoms with van der Waals surface area (Å²) in [5.41, 5.74) is 7.62. The molecule has 5 heteroatoms. The Morgan fingerprint density at radius 3 is 2.44 bits per heavy atom. The summed E-state index contributed by atoms with van der Waals surface area (Å²) in [5.74, 6) is 0.678. The first-order valence-corrected chi connectivity index (χ1v) is 6.19. The molecule has 0 spiro atoms. The highest BCUT2D eigenvalue weighted by Gasteiger charge is 2.08. The van der Waals surface area contributed by atoms with Gasteiger partial charge < -0.3 is 10.6 Å². The van der Waals surface area contributed by atoms with Gasteiger partial charge in [-0.2, -0.15) is 0 Å². The van der Waals surface area contributed by atoms with Gasteiger partial charge in [0.2, 0.25) is 0 Å². The fourth-order valence-electron chi connectivity index (χ4n) is 1.68. The van der Waals surface area contributed by atoms with Crippen LogP contribution in [-0.2, 0) is 6.54 Å². The normalized spacial score (nSPS) is 10.4. The number of aromatic nitrogens is 1. The van der Waals surface area contributed by atoms with Gasteiger partial charge in [-0.3, -0.25) is 0 Å². The van der Waals surface area contributed by atoms with Crippen LogP contribution in [0.3, 0.4) is 0 Å². The average molecular weight is 282 g/mol. The molecule has 0 aliphatic heterocycles. The second-order valence-electron chi connectivity index (χ2n) is 4.03. The van der Waals surface area contributed by atoms with Gasteiger partial charge in [0.15, 0.2) is 5.82 Å². The Balaban J connectivity index is 2.18. The lowest BCUT2D eigenvalue weighted by Gasteiger charge is -2.20. The van der Waals surface area contributed by atoms with Crippen molar-refractivity contribution in [1.82, 2.24) is 4.98 Å². The summed E-state index contributed by atoms with van der Waals surface area (Å²) in [6.45, 7) is 0.689. The second kappa shape index (κ2) is 5.46. The van der Waals surface area contributed by atoms with Crippen LogP contribution < -0.4 is 10.6 Å². The van der Waals surface area contributed by atoms with Crippen LogP contribution in [0.4, 0.5) is 11.5 Å². The van der Waals surface area contributed by atoms with Gasteiger partial charge in [-0.25, -0.2) is 4.98 Å². The first-order valence-electron chi connectivity index (χ1n) is 5.44. The Morgan fingerprint density at radius 2 is 1.78 bits per heavy atom. The summed E-state index contributed by atoms with van der Waals surface area (Å²) in [5, 5.41) is 1.16. The van der Waals surface area contributed by atoms with Crippen molar-refractivity contribution in [1.29, 1.82) is 0 Å². The number of pyridine rings is 1. The van der Waals surface area contributed by atoms with Crippen LogP contribution in [0.25, 0.3) is 0 Å². The van der Waals surface area contributed by atoms with E-state index in [0.29, 0.717) is 23.2 Å². The first kappa shape index (κ1) is 13.0. The number of rotatable bonds is 3. The standard InChI is InChI=1S/C13H13Cl2N3/c1-18(8-9-2-4-10(14)5-3-9)13-11(16)6-7-12(15)17-13/h2-7H,8,16H2,1H3. The molecule has 3 nitrogen and oxygen atoms in total. The van der Waals surface area contributed by atoms with Gasteiger partial charge in [0.05, 0.1) is 5.69 Å². The second-order valence-corrected chi connectivity index (χ2v) is 4.85. The van der Waals surface area contributed by atoms with Crippen LogP contribution in [0, 0.1) is 0 Å². The number of nitrogens with two attached hydrogens (primary N) is 1. The molecule has 0 fully saturated rings. The Hall–Kier alpha value is -1.45. The highest BCUT2D eigenvalue weighted by molar-refractivity contribution is 6.30. The monoisotopic (exact) mass is 281 g/mol. The van der Waals surface area contributed by atoms with Crippen LogP contribution >= 0.6 is 23.2 Å². The highest BCUT2D eigenvalue weighted by Crippen LogP contribution is 2.23. The number of halogens is 2. The molecular weight excluding hydrogens is 269 g/mol. The molecule has 94 valence electrons. The lowest BCUT2D eigenvalue weighted by molar-refractivity contribution is 0.900. The smallest absolute Gasteiger partial charge is 0.153 e. The molecule has 0 unspecified atom stereocenters. The molecular formula is C13H13Cl2N3. The zero-order valence-electron chi connectivity index (χ0n) is 9.90. The number of anilines is 2. The Kier molecular flexibility index (Phi) is 3.94. The van der Waals surface area contributed by atoms with E-state index in [1.807, 2.05) is 36.2 Å². The minimum Gasteiger partial charge on any atom is -0.396 e. The predicted octanol–water partition coefficient (Wildman–Crippen LogP) is 3.61. The van der Waals surface area contributed by atoms with Gasteiger partial charge in [0.1, 0.15) is 5.15 Å². The molecule has 2 N–H and O–H groups in total. The van der Waals surface area contributed by atoms with Crippen molar-refractivity contribution in [2.75, 3.05) is 17.7 Å². The lowest BCUT2D eigenvalue weighted by atomic mass is 10.2. The summed E-state index contributed by atoms with van der Waals surface area (Å²) in [4.78, 5) is 6.18. The van der Waals surface area contributed by atoms with Gasteiger partial charge in [-0.05, 0) is 29.8 Å². The average Bonchev–Trinajstić information content (AvgIpc) is 2.35. The van der Waals surface area contributed by atoms with Crippen molar-refractivity contribution in [3.8, 4) is 0 Å². The van der Waals surface area contributed by atoms with Crippen molar-refractivity contribution in [3.05, 3.63) is 52.1 Å². The lowest BCUT2D eigenvalue weighted by Crippen LogP contribution is -2.19. The maximum absolute atomic E-state index is 5.88. The summed E-state index contributed by atoms with van der Waals surface area (Å²) in [7, 11) is 1.92. The van der Waals surface area contributed by atoms with Gasteiger partial charge in [0, 0.05) is 18.6 Å². The summed E-state index contributed by atoms with van der Waals surface area (Å²) in [6.07, 6.45) is 0. The zero-order chi connectivity index (χ0) is 13.1. The van der Waals surface area contributed by atoms with Gasteiger partial charge in [0.25, 0.3) is 0 Å². The van der Waals surface area contributed by atoms with Gasteiger partial charge >= 0.3 is 0 Å². The quantitative estimate of drug-likeness (QED) is 0.874. The molecule has 0 saturated carbocycles. The summed E-state index contributed by atoms with van der Waals surface area (Å²) in [6, 6.07) is 11.1. The fourth-order valence-corrected chi connectivity index (χ4v) is 1.95. The Bertz CT molecular complexity index is 540. The SMILES string of the molecule is CN(Cc1ccc(Cl)cc1)c1nc(Cl)ccc1N. The molecule has 0 saturated heterocycles. The maximum Gasteiger partial charge on any atom is 0.153 e. The molecule has 0 aliphatic carbocycles. The number of nitrogen functional groups attached to an aromatic ring is 1. The highest BCUT2D eigenvalue weighted by atomic mass is 35.5. The Morgan fingerprint density at radius 1 is 1.11 bits per heavy atom. The third kappa shape index (κ3) is 3.06. The van der Waals surface area contributed by atoms with Crippen molar-refractivity contribution in [2.45, 2.75) is 6.54 Å². The molecule has 0 atom stereocenters. The molecule has 2 aromatic rings. The topological polar surface area (TPSA) is 42.2 Å². The van der Waals surface area contributed by atoms with Crippen LogP contribution in [0.15, 0.2) is 36.4 Å². The van der Waals surface area contributed by atoms with E-state index < -0.39 is 0 Å². The molecule has 0 amide bonds. The van der Waals surface area contributed by atoms with E-state index in [1.54, 1.807) is 12.1 Å². The van der Waals surface area contributed by atoms with E-state index in [-0.39, 0.29) is 0 Å². The Labute approximate surface area is 116 Å². The van der Waals surface area contributed by atoms with E-state index in [4.69, 9.17) is 28.9 Å². The summed E-state index contributed by atoms with van der Waals surface area (Å²) >= 11 is 11.7. The van der Waals surface area contributed by atoms with Crippen LogP contribution in [0.1, 0.15) is 5.56 Å². The van der Waals surface area contributed by atoms with Crippen LogP contribution in [-0.4, -0.2) is 12.0 Å². The largest absolute Gasteiger partial charge is 0.396 e. The van der Waals surface area contributed by atoms with E-state index >= 15 is 0 Å². The fraction of sp³-hybridized carbons (Fsp3) is 0.154. The van der Waals surface area contributed by atoms with E-state index in [0.717, 1.165) is 10.6 Å². The molecule has 18 heavy (non-hydrogen) atoms. The van der Waals surface area contributed by atoms with E-state index in [9.17, 15) is 0 Å². The number of hydrogen-bond donors (Lipinski definition) is 1. The van der Waals surface area contributed by atoms with Crippen molar-refractivity contribution < 1.29 is 0 Å². The molecule has 1 aromatic carbocycles. The van der Waals surface area contributed by atoms with Crippen molar-refractivity contribution in [3.63, 3.8) is 0 Å². The molecule has 1 aromatic heterocycles. The minimum absolute atomic E-state index is 0.433. The predicted molar refractivity (Wildman–Crippen MR) is 77.2 cm³/mol. The van der Waals surface area contributed by atoms with Gasteiger partial charge in [-0.1, -0.05) is 35.3 Å². The van der Waals surface area contributed by atoms with Crippen molar-refractivity contribution in [2.24, 2.45) is 0 Å². The van der Waals surface area contributed by atoms with E-state index in [2.05, 4.69) is 4.98 Å². The number of benzene rings is 1. The van der Waals surface area contributed by atoms with Crippen LogP contribution in [0.2, 0.25) is 10.2 Å². The first-order chi connectivity index (χ1) is 8.56. The maximum atomic E-state index is 5.88. The minimum atomic E-state index is 0.433. The van der Waals surface area contributed by atoms with Crippen molar-refractivity contribution >= 4 is 34.7 Å². The molecule has 0 radical (unpaired) electrons. The van der Waals surface area contributed by atoms with Gasteiger partial charge in [-0.15, -0.1) is 0 Å². The summed E-state index contributed by atoms with van der Waals surface area (Å²) < 4.78 is 0. The molecule has 0 bridgehead atoms. The third-order valence-corrected chi connectivity index (χ3v) is 3.03. The number of nitrogens with zero attached hydrogens (tertiary/aromatic N) is 2. The zero-order valence-corrected chi connectivity index (χ0v) is 11.4. The molecule has 2 rings (SSSR count). The van der Waals surface area contributed by atoms with E-state index in [1.165, 1.54) is 0 Å².